The Hall–Kier alpha value is -3.76. The predicted octanol–water partition coefficient (Wildman–Crippen LogP) is 5.06. The van der Waals surface area contributed by atoms with Gasteiger partial charge in [0.05, 0.1) is 57.3 Å². The van der Waals surface area contributed by atoms with Crippen LogP contribution >= 0.6 is 11.6 Å². The van der Waals surface area contributed by atoms with Crippen LogP contribution in [0.2, 0.25) is 5.02 Å². The number of carbonyl (C=O) groups is 2. The van der Waals surface area contributed by atoms with E-state index in [2.05, 4.69) is 14.8 Å². The zero-order valence-electron chi connectivity index (χ0n) is 24.8. The number of fused-ring (bicyclic) bond motifs is 2. The first-order chi connectivity index (χ1) is 20.4. The van der Waals surface area contributed by atoms with Crippen LogP contribution in [0.4, 0.5) is 21.6 Å². The Morgan fingerprint density at radius 3 is 2.53 bits per heavy atom. The molecular formula is C32H35ClFN5O4. The fraction of sp³-hybridized carbons (Fsp3) is 0.438. The van der Waals surface area contributed by atoms with Crippen LogP contribution < -0.4 is 9.80 Å². The molecular weight excluding hydrogens is 573 g/mol. The number of aryl methyl sites for hydroxylation is 2. The molecule has 1 N–H and O–H groups in total. The van der Waals surface area contributed by atoms with Gasteiger partial charge in [0.1, 0.15) is 11.6 Å². The van der Waals surface area contributed by atoms with E-state index in [1.807, 2.05) is 43.0 Å². The number of hydrogen-bond donors (Lipinski definition) is 1. The summed E-state index contributed by atoms with van der Waals surface area (Å²) < 4.78 is 20.2. The smallest absolute Gasteiger partial charge is 0.337 e. The molecule has 0 saturated carbocycles. The molecule has 1 amide bonds. The lowest BCUT2D eigenvalue weighted by Gasteiger charge is -2.47. The standard InChI is InChI=1S/C32H35ClFN5O4/c1-19-13-26(35-20(2)28(19)30(41)42)37-10-11-39(31(3,4)16-37)27(40)14-21-5-8-25-29(36-21)32(9-12-43-18-32)17-38(25)22-6-7-23(33)24(34)15-22/h5-8,13,15H,9-12,14,16-18H2,1-4H3,(H,41,42). The second-order valence-electron chi connectivity index (χ2n) is 12.5. The second kappa shape index (κ2) is 10.7. The van der Waals surface area contributed by atoms with Gasteiger partial charge in [0.15, 0.2) is 0 Å². The van der Waals surface area contributed by atoms with Gasteiger partial charge in [-0.05, 0) is 76.1 Å². The fourth-order valence-corrected chi connectivity index (χ4v) is 6.94. The van der Waals surface area contributed by atoms with Gasteiger partial charge in [0.25, 0.3) is 0 Å². The van der Waals surface area contributed by atoms with Gasteiger partial charge in [-0.2, -0.15) is 0 Å². The normalized spacial score (nSPS) is 21.0. The van der Waals surface area contributed by atoms with Crippen molar-refractivity contribution in [2.45, 2.75) is 51.5 Å². The number of pyridine rings is 2. The number of carboxylic acid groups (broad SMARTS) is 1. The molecule has 11 heteroatoms. The highest BCUT2D eigenvalue weighted by molar-refractivity contribution is 6.30. The summed E-state index contributed by atoms with van der Waals surface area (Å²) in [6, 6.07) is 10.5. The molecule has 3 aliphatic rings. The van der Waals surface area contributed by atoms with Gasteiger partial charge in [-0.3, -0.25) is 9.78 Å². The summed E-state index contributed by atoms with van der Waals surface area (Å²) in [5.41, 5.74) is 3.73. The van der Waals surface area contributed by atoms with E-state index in [0.29, 0.717) is 62.0 Å². The minimum Gasteiger partial charge on any atom is -0.478 e. The summed E-state index contributed by atoms with van der Waals surface area (Å²) in [6.07, 6.45) is 0.958. The van der Waals surface area contributed by atoms with E-state index in [1.165, 1.54) is 6.07 Å². The number of halogens is 2. The van der Waals surface area contributed by atoms with Gasteiger partial charge in [0.2, 0.25) is 5.91 Å². The van der Waals surface area contributed by atoms with E-state index in [0.717, 1.165) is 23.6 Å². The summed E-state index contributed by atoms with van der Waals surface area (Å²) in [6.45, 7) is 11.0. The van der Waals surface area contributed by atoms with Crippen molar-refractivity contribution in [3.63, 3.8) is 0 Å². The molecule has 1 aromatic carbocycles. The quantitative estimate of drug-likeness (QED) is 0.430. The maximum Gasteiger partial charge on any atom is 0.337 e. The van der Waals surface area contributed by atoms with Gasteiger partial charge in [-0.1, -0.05) is 11.6 Å². The van der Waals surface area contributed by atoms with Gasteiger partial charge in [-0.25, -0.2) is 14.2 Å². The number of aromatic nitrogens is 2. The molecule has 0 bridgehead atoms. The van der Waals surface area contributed by atoms with Crippen LogP contribution in [0, 0.1) is 19.7 Å². The monoisotopic (exact) mass is 607 g/mol. The molecule has 3 aromatic rings. The van der Waals surface area contributed by atoms with Crippen LogP contribution in [-0.2, 0) is 21.4 Å². The number of aromatic carboxylic acids is 1. The fourth-order valence-electron chi connectivity index (χ4n) is 6.82. The van der Waals surface area contributed by atoms with Crippen molar-refractivity contribution in [3.8, 4) is 0 Å². The largest absolute Gasteiger partial charge is 0.478 e. The van der Waals surface area contributed by atoms with Crippen molar-refractivity contribution in [3.05, 3.63) is 75.4 Å². The van der Waals surface area contributed by atoms with Crippen LogP contribution in [0.1, 0.15) is 53.3 Å². The SMILES string of the molecule is Cc1cc(N2CCN(C(=O)Cc3ccc4c(n3)C3(CCOC3)CN4c3ccc(Cl)c(F)c3)C(C)(C)C2)nc(C)c1C(=O)O. The lowest BCUT2D eigenvalue weighted by molar-refractivity contribution is -0.136. The number of benzene rings is 1. The molecule has 0 aliphatic carbocycles. The lowest BCUT2D eigenvalue weighted by atomic mass is 9.85. The van der Waals surface area contributed by atoms with Gasteiger partial charge < -0.3 is 24.5 Å². The summed E-state index contributed by atoms with van der Waals surface area (Å²) in [4.78, 5) is 41.0. The maximum absolute atomic E-state index is 14.4. The number of amides is 1. The molecule has 3 aliphatic heterocycles. The number of piperazine rings is 1. The lowest BCUT2D eigenvalue weighted by Crippen LogP contribution is -2.61. The van der Waals surface area contributed by atoms with Gasteiger partial charge in [-0.15, -0.1) is 0 Å². The highest BCUT2D eigenvalue weighted by Crippen LogP contribution is 2.48. The minimum atomic E-state index is -0.983. The average Bonchev–Trinajstić information content (AvgIpc) is 3.54. The molecule has 2 fully saturated rings. The molecule has 1 atom stereocenters. The van der Waals surface area contributed by atoms with Crippen molar-refractivity contribution in [1.82, 2.24) is 14.9 Å². The molecule has 6 rings (SSSR count). The van der Waals surface area contributed by atoms with Crippen LogP contribution in [0.3, 0.4) is 0 Å². The molecule has 1 spiro atoms. The van der Waals surface area contributed by atoms with Crippen molar-refractivity contribution in [2.75, 3.05) is 49.2 Å². The maximum atomic E-state index is 14.4. The number of nitrogens with zero attached hydrogens (tertiary/aromatic N) is 5. The Bertz CT molecular complexity index is 1600. The Balaban J connectivity index is 1.21. The topological polar surface area (TPSA) is 99.1 Å². The number of hydrogen-bond acceptors (Lipinski definition) is 7. The van der Waals surface area contributed by atoms with E-state index >= 15 is 0 Å². The number of rotatable bonds is 5. The van der Waals surface area contributed by atoms with Crippen LogP contribution in [-0.4, -0.2) is 76.8 Å². The predicted molar refractivity (Wildman–Crippen MR) is 162 cm³/mol. The third-order valence-electron chi connectivity index (χ3n) is 8.96. The highest BCUT2D eigenvalue weighted by atomic mass is 35.5. The molecule has 226 valence electrons. The van der Waals surface area contributed by atoms with Crippen LogP contribution in [0.25, 0.3) is 0 Å². The minimum absolute atomic E-state index is 0.00927. The number of ether oxygens (including phenoxy) is 1. The summed E-state index contributed by atoms with van der Waals surface area (Å²) >= 11 is 5.94. The van der Waals surface area contributed by atoms with E-state index in [1.54, 1.807) is 19.9 Å². The van der Waals surface area contributed by atoms with Crippen molar-refractivity contribution in [1.29, 1.82) is 0 Å². The molecule has 5 heterocycles. The molecule has 1 unspecified atom stereocenters. The van der Waals surface area contributed by atoms with E-state index in [9.17, 15) is 19.1 Å². The van der Waals surface area contributed by atoms with E-state index in [4.69, 9.17) is 21.3 Å². The first-order valence-electron chi connectivity index (χ1n) is 14.5. The molecule has 2 saturated heterocycles. The molecule has 2 aromatic heterocycles. The van der Waals surface area contributed by atoms with E-state index < -0.39 is 17.3 Å². The number of carboxylic acids is 1. The first kappa shape index (κ1) is 29.3. The molecule has 43 heavy (non-hydrogen) atoms. The third kappa shape index (κ3) is 5.20. The Morgan fingerprint density at radius 2 is 1.88 bits per heavy atom. The summed E-state index contributed by atoms with van der Waals surface area (Å²) in [7, 11) is 0. The Labute approximate surface area is 255 Å². The average molecular weight is 608 g/mol. The zero-order valence-corrected chi connectivity index (χ0v) is 25.5. The summed E-state index contributed by atoms with van der Waals surface area (Å²) in [5.74, 6) is -0.747. The van der Waals surface area contributed by atoms with Crippen LogP contribution in [0.5, 0.6) is 0 Å². The zero-order chi connectivity index (χ0) is 30.7. The summed E-state index contributed by atoms with van der Waals surface area (Å²) in [5, 5.41) is 9.59. The Kier molecular flexibility index (Phi) is 7.33. The van der Waals surface area contributed by atoms with Crippen LogP contribution in [0.15, 0.2) is 36.4 Å². The number of anilines is 3. The third-order valence-corrected chi connectivity index (χ3v) is 9.27. The van der Waals surface area contributed by atoms with Crippen molar-refractivity contribution in [2.24, 2.45) is 0 Å². The first-order valence-corrected chi connectivity index (χ1v) is 14.8. The van der Waals surface area contributed by atoms with Gasteiger partial charge in [0, 0.05) is 38.5 Å². The van der Waals surface area contributed by atoms with Gasteiger partial charge >= 0.3 is 5.97 Å². The number of carbonyl (C=O) groups excluding carboxylic acids is 1. The highest BCUT2D eigenvalue weighted by Gasteiger charge is 2.48. The second-order valence-corrected chi connectivity index (χ2v) is 12.9. The van der Waals surface area contributed by atoms with E-state index in [-0.39, 0.29) is 28.3 Å². The van der Waals surface area contributed by atoms with Crippen molar-refractivity contribution < 1.29 is 23.8 Å². The molecule has 0 radical (unpaired) electrons. The van der Waals surface area contributed by atoms with Crippen molar-refractivity contribution >= 4 is 40.7 Å². The molecule has 9 nitrogen and oxygen atoms in total. The Morgan fingerprint density at radius 1 is 1.09 bits per heavy atom.